The van der Waals surface area contributed by atoms with Crippen LogP contribution in [-0.2, 0) is 0 Å². The molecule has 0 nitrogen and oxygen atoms in total. The van der Waals surface area contributed by atoms with Crippen molar-refractivity contribution in [3.05, 3.63) is 0 Å². The van der Waals surface area contributed by atoms with Crippen LogP contribution in [0, 0.1) is 0 Å². The van der Waals surface area contributed by atoms with E-state index in [0.717, 1.165) is 65.9 Å². The van der Waals surface area contributed by atoms with E-state index in [0.29, 0.717) is 0 Å². The molecule has 0 bridgehead atoms. The van der Waals surface area contributed by atoms with E-state index in [1.807, 2.05) is 0 Å². The molecule has 56 valence electrons. The molecule has 0 aromatic heterocycles. The van der Waals surface area contributed by atoms with E-state index in [2.05, 4.69) is 6.92 Å². The van der Waals surface area contributed by atoms with Crippen molar-refractivity contribution in [2.75, 3.05) is 0 Å². The van der Waals surface area contributed by atoms with Gasteiger partial charge in [-0.25, -0.2) is 0 Å². The third-order valence-corrected chi connectivity index (χ3v) is 4.18. The Balaban J connectivity index is 2.65. The molecule has 0 aliphatic heterocycles. The molecule has 0 aliphatic rings. The first-order valence-electron chi connectivity index (χ1n) is 4.91. The first kappa shape index (κ1) is 12.1. The molecule has 0 radical (unpaired) electrons. The Hall–Kier alpha value is 2.05. The minimum absolute atomic E-state index is 0.892. The van der Waals surface area contributed by atoms with Gasteiger partial charge in [0.2, 0.25) is 0 Å². The number of hydrogen-bond donors (Lipinski definition) is 0. The molecule has 0 saturated heterocycles. The molecule has 0 fully saturated rings. The van der Waals surface area contributed by atoms with E-state index >= 15 is 0 Å². The summed E-state index contributed by atoms with van der Waals surface area (Å²) in [6.07, 6.45) is 10.3. The van der Waals surface area contributed by atoms with Gasteiger partial charge in [-0.3, -0.25) is 0 Å². The fourth-order valence-electron chi connectivity index (χ4n) is 1.21. The summed E-state index contributed by atoms with van der Waals surface area (Å²) < 4.78 is 1.59. The van der Waals surface area contributed by atoms with Crippen molar-refractivity contribution in [3.8, 4) is 0 Å². The molecule has 0 rings (SSSR count). The normalized spacial score (nSPS) is 10.3. The van der Waals surface area contributed by atoms with Crippen LogP contribution in [0.2, 0.25) is -2.15 Å². The number of rotatable bonds is 7. The summed E-state index contributed by atoms with van der Waals surface area (Å²) in [5, 5.41) is 0. The average Bonchev–Trinajstić information content (AvgIpc) is 1.97. The monoisotopic (exact) mass is 260 g/mol. The number of unbranched alkanes of at least 4 members (excludes halogenated alkanes) is 6. The van der Waals surface area contributed by atoms with Crippen LogP contribution in [-0.4, -0.2) is 65.9 Å². The van der Waals surface area contributed by atoms with Crippen molar-refractivity contribution in [1.29, 1.82) is 0 Å². The van der Waals surface area contributed by atoms with Crippen molar-refractivity contribution < 1.29 is 0 Å². The number of hydrogen-bond acceptors (Lipinski definition) is 0. The second-order valence-corrected chi connectivity index (χ2v) is 6.26. The molecule has 0 aromatic carbocycles. The van der Waals surface area contributed by atoms with Gasteiger partial charge in [0.25, 0.3) is 0 Å². The topological polar surface area (TPSA) is 0 Å². The van der Waals surface area contributed by atoms with Gasteiger partial charge in [0.15, 0.2) is 0 Å². The van der Waals surface area contributed by atoms with Crippen LogP contribution in [0.5, 0.6) is 0 Å². The van der Waals surface area contributed by atoms with Crippen LogP contribution in [0.15, 0.2) is 0 Å². The van der Waals surface area contributed by atoms with Gasteiger partial charge in [0, 0.05) is 0 Å². The van der Waals surface area contributed by atoms with Crippen LogP contribution in [0.25, 0.3) is 0 Å². The predicted octanol–water partition coefficient (Wildman–Crippen LogP) is 3.32. The maximum atomic E-state index is 2.28. The fraction of sp³-hybridized carbons (Fsp3) is 1.00. The zero-order valence-electron chi connectivity index (χ0n) is 7.66. The van der Waals surface area contributed by atoms with E-state index in [-0.39, 0.29) is 0 Å². The minimum atomic E-state index is 0.892. The van der Waals surface area contributed by atoms with Gasteiger partial charge < -0.3 is 0 Å². The Morgan fingerprint density at radius 3 is 1.80 bits per heavy atom. The van der Waals surface area contributed by atoms with E-state index < -0.39 is 0 Å². The SMILES string of the molecule is CCCCCCCC[CH2][Cs]. The van der Waals surface area contributed by atoms with Gasteiger partial charge in [-0.1, -0.05) is 0 Å². The van der Waals surface area contributed by atoms with Crippen molar-refractivity contribution in [2.24, 2.45) is 0 Å². The summed E-state index contributed by atoms with van der Waals surface area (Å²) in [4.78, 5) is 0. The zero-order valence-corrected chi connectivity index (χ0v) is 13.9. The third kappa shape index (κ3) is 10.1. The Kier molecular flexibility index (Phi) is 13.3. The summed E-state index contributed by atoms with van der Waals surface area (Å²) >= 11 is 0.892. The van der Waals surface area contributed by atoms with Crippen molar-refractivity contribution in [2.45, 2.75) is 49.7 Å². The molecule has 0 aliphatic carbocycles. The van der Waals surface area contributed by atoms with E-state index in [9.17, 15) is 0 Å². The Morgan fingerprint density at radius 1 is 0.800 bits per heavy atom. The zero-order chi connectivity index (χ0) is 7.66. The summed E-state index contributed by atoms with van der Waals surface area (Å²) in [5.74, 6) is 0. The van der Waals surface area contributed by atoms with E-state index in [1.54, 1.807) is -2.15 Å². The Labute approximate surface area is 113 Å². The van der Waals surface area contributed by atoms with E-state index in [4.69, 9.17) is 0 Å². The van der Waals surface area contributed by atoms with Crippen LogP contribution in [0.1, 0.15) is 51.9 Å². The summed E-state index contributed by atoms with van der Waals surface area (Å²) in [5.41, 5.74) is 0. The van der Waals surface area contributed by atoms with E-state index in [1.165, 1.54) is 44.9 Å². The van der Waals surface area contributed by atoms with Crippen molar-refractivity contribution in [3.63, 3.8) is 0 Å². The summed E-state index contributed by atoms with van der Waals surface area (Å²) in [6, 6.07) is 0. The quantitative estimate of drug-likeness (QED) is 0.616. The molecule has 0 spiro atoms. The van der Waals surface area contributed by atoms with Crippen LogP contribution < -0.4 is 0 Å². The molecule has 0 amide bonds. The van der Waals surface area contributed by atoms with Gasteiger partial charge in [-0.15, -0.1) is 0 Å². The molecule has 0 heterocycles. The second kappa shape index (κ2) is 11.1. The third-order valence-electron chi connectivity index (χ3n) is 1.96. The molecule has 0 saturated carbocycles. The van der Waals surface area contributed by atoms with Crippen LogP contribution in [0.3, 0.4) is 0 Å². The molecule has 0 aromatic rings. The van der Waals surface area contributed by atoms with Crippen molar-refractivity contribution in [1.82, 2.24) is 0 Å². The van der Waals surface area contributed by atoms with Crippen molar-refractivity contribution >= 4 is 65.9 Å². The van der Waals surface area contributed by atoms with Gasteiger partial charge in [-0.05, 0) is 0 Å². The summed E-state index contributed by atoms with van der Waals surface area (Å²) in [6.45, 7) is 2.28. The van der Waals surface area contributed by atoms with Crippen LogP contribution >= 0.6 is 0 Å². The van der Waals surface area contributed by atoms with Gasteiger partial charge in [-0.2, -0.15) is 0 Å². The second-order valence-electron chi connectivity index (χ2n) is 3.12. The molecule has 0 atom stereocenters. The molecule has 1 heteroatoms. The fourth-order valence-corrected chi connectivity index (χ4v) is 2.78. The summed E-state index contributed by atoms with van der Waals surface area (Å²) in [7, 11) is 0. The molecule has 10 heavy (non-hydrogen) atoms. The van der Waals surface area contributed by atoms with Gasteiger partial charge in [0.1, 0.15) is 0 Å². The molecular weight excluding hydrogens is 241 g/mol. The predicted molar refractivity (Wildman–Crippen MR) is 48.6 cm³/mol. The standard InChI is InChI=1S/C9H19.Cs/c1-3-5-7-9-8-6-4-2;/h1,3-9H2,2H3;. The van der Waals surface area contributed by atoms with Crippen LogP contribution in [0.4, 0.5) is 0 Å². The first-order valence-corrected chi connectivity index (χ1v) is 9.35. The van der Waals surface area contributed by atoms with Gasteiger partial charge in [0.05, 0.1) is 0 Å². The Morgan fingerprint density at radius 2 is 1.30 bits per heavy atom. The molecular formula is C9H19Cs. The Bertz CT molecular complexity index is 44.7. The molecule has 0 unspecified atom stereocenters. The van der Waals surface area contributed by atoms with Gasteiger partial charge >= 0.3 is 116 Å². The first-order chi connectivity index (χ1) is 4.91. The maximum absolute atomic E-state index is 2.28. The molecule has 0 N–H and O–H groups in total. The average molecular weight is 260 g/mol.